The molecule has 184 valence electrons. The van der Waals surface area contributed by atoms with Gasteiger partial charge in [-0.25, -0.2) is 4.79 Å². The molecule has 0 fully saturated rings. The molecule has 0 aliphatic carbocycles. The van der Waals surface area contributed by atoms with E-state index in [0.29, 0.717) is 27.3 Å². The van der Waals surface area contributed by atoms with Crippen molar-refractivity contribution in [3.8, 4) is 27.7 Å². The van der Waals surface area contributed by atoms with Crippen molar-refractivity contribution in [2.45, 2.75) is 25.9 Å². The molecule has 35 heavy (non-hydrogen) atoms. The Morgan fingerprint density at radius 1 is 1.03 bits per heavy atom. The molecular formula is C23H19F3N2O6S. The average molecular weight is 508 g/mol. The molecule has 8 nitrogen and oxygen atoms in total. The Morgan fingerprint density at radius 3 is 2.17 bits per heavy atom. The minimum Gasteiger partial charge on any atom is -0.457 e. The number of nitrogens with zero attached hydrogens (tertiary/aromatic N) is 1. The van der Waals surface area contributed by atoms with Gasteiger partial charge in [-0.1, -0.05) is 0 Å². The Bertz CT molecular complexity index is 1460. The van der Waals surface area contributed by atoms with E-state index in [1.54, 1.807) is 31.2 Å². The van der Waals surface area contributed by atoms with Crippen LogP contribution in [0.1, 0.15) is 5.56 Å². The molecule has 1 unspecified atom stereocenters. The van der Waals surface area contributed by atoms with Crippen LogP contribution in [0.2, 0.25) is 0 Å². The number of thiophene rings is 1. The lowest BCUT2D eigenvalue weighted by Crippen LogP contribution is -2.34. The highest BCUT2D eigenvalue weighted by molar-refractivity contribution is 7.22. The lowest BCUT2D eigenvalue weighted by atomic mass is 10.1. The number of aliphatic hydroxyl groups excluding tert-OH is 2. The van der Waals surface area contributed by atoms with Gasteiger partial charge < -0.3 is 19.7 Å². The number of hydrogen-bond acceptors (Lipinski definition) is 7. The number of aromatic nitrogens is 2. The van der Waals surface area contributed by atoms with Crippen molar-refractivity contribution in [2.75, 3.05) is 6.61 Å². The number of aryl methyl sites for hydroxylation is 1. The van der Waals surface area contributed by atoms with Crippen molar-refractivity contribution in [3.05, 3.63) is 74.9 Å². The molecule has 0 aliphatic rings. The molecule has 1 atom stereocenters. The quantitative estimate of drug-likeness (QED) is 0.350. The molecule has 0 radical (unpaired) electrons. The highest BCUT2D eigenvalue weighted by atomic mass is 32.1. The molecule has 0 saturated heterocycles. The number of rotatable bonds is 7. The third kappa shape index (κ3) is 5.39. The zero-order valence-corrected chi connectivity index (χ0v) is 18.9. The molecule has 2 heterocycles. The summed E-state index contributed by atoms with van der Waals surface area (Å²) in [5.74, 6) is 0.376. The molecule has 0 bridgehead atoms. The monoisotopic (exact) mass is 508 g/mol. The number of alkyl halides is 3. The van der Waals surface area contributed by atoms with E-state index in [4.69, 9.17) is 9.84 Å². The number of benzene rings is 2. The van der Waals surface area contributed by atoms with E-state index in [1.807, 2.05) is 0 Å². The SMILES string of the molecule is Cc1c(-c2ccc(Oc3ccc(OC(F)(F)F)cc3)cc2)sc2c1c(=O)[nH]c(=O)n2CC(O)CO. The number of ether oxygens (including phenoxy) is 2. The van der Waals surface area contributed by atoms with Crippen LogP contribution in [0.15, 0.2) is 58.1 Å². The number of fused-ring (bicyclic) bond motifs is 1. The van der Waals surface area contributed by atoms with Crippen molar-refractivity contribution in [3.63, 3.8) is 0 Å². The molecule has 2 aromatic heterocycles. The largest absolute Gasteiger partial charge is 0.573 e. The van der Waals surface area contributed by atoms with E-state index in [-0.39, 0.29) is 12.3 Å². The second kappa shape index (κ2) is 9.56. The van der Waals surface area contributed by atoms with Gasteiger partial charge in [-0.2, -0.15) is 0 Å². The van der Waals surface area contributed by atoms with Crippen LogP contribution in [0.5, 0.6) is 17.2 Å². The van der Waals surface area contributed by atoms with Crippen molar-refractivity contribution in [2.24, 2.45) is 0 Å². The van der Waals surface area contributed by atoms with Crippen LogP contribution in [0.4, 0.5) is 13.2 Å². The van der Waals surface area contributed by atoms with Gasteiger partial charge >= 0.3 is 12.1 Å². The van der Waals surface area contributed by atoms with E-state index < -0.39 is 30.3 Å². The molecule has 0 spiro atoms. The van der Waals surface area contributed by atoms with Gasteiger partial charge in [0.1, 0.15) is 22.1 Å². The maximum atomic E-state index is 12.5. The van der Waals surface area contributed by atoms with Gasteiger partial charge in [0.05, 0.1) is 24.6 Å². The normalized spacial score (nSPS) is 12.6. The zero-order chi connectivity index (χ0) is 25.3. The highest BCUT2D eigenvalue weighted by Gasteiger charge is 2.31. The van der Waals surface area contributed by atoms with Crippen LogP contribution in [-0.2, 0) is 6.54 Å². The summed E-state index contributed by atoms with van der Waals surface area (Å²) >= 11 is 1.20. The van der Waals surface area contributed by atoms with Crippen LogP contribution in [0.25, 0.3) is 20.7 Å². The number of aliphatic hydroxyl groups is 2. The second-order valence-electron chi connectivity index (χ2n) is 7.59. The molecule has 12 heteroatoms. The number of hydrogen-bond donors (Lipinski definition) is 3. The zero-order valence-electron chi connectivity index (χ0n) is 18.1. The maximum Gasteiger partial charge on any atom is 0.573 e. The summed E-state index contributed by atoms with van der Waals surface area (Å²) in [7, 11) is 0. The summed E-state index contributed by atoms with van der Waals surface area (Å²) in [6.45, 7) is 1.03. The fourth-order valence-electron chi connectivity index (χ4n) is 3.50. The molecule has 4 aromatic rings. The fraction of sp³-hybridized carbons (Fsp3) is 0.217. The minimum absolute atomic E-state index is 0.179. The number of H-pyrrole nitrogens is 1. The Balaban J connectivity index is 1.61. The lowest BCUT2D eigenvalue weighted by Gasteiger charge is -2.10. The van der Waals surface area contributed by atoms with Gasteiger partial charge in [-0.15, -0.1) is 24.5 Å². The Labute approximate surface area is 199 Å². The van der Waals surface area contributed by atoms with E-state index >= 15 is 0 Å². The third-order valence-corrected chi connectivity index (χ3v) is 6.44. The van der Waals surface area contributed by atoms with Gasteiger partial charge in [-0.3, -0.25) is 14.3 Å². The summed E-state index contributed by atoms with van der Waals surface area (Å²) in [6.07, 6.45) is -5.95. The maximum absolute atomic E-state index is 12.5. The third-order valence-electron chi connectivity index (χ3n) is 5.08. The van der Waals surface area contributed by atoms with Crippen LogP contribution in [-0.4, -0.2) is 38.8 Å². The molecule has 2 aromatic carbocycles. The molecule has 0 amide bonds. The van der Waals surface area contributed by atoms with Crippen LogP contribution in [0.3, 0.4) is 0 Å². The van der Waals surface area contributed by atoms with Gasteiger partial charge in [0.15, 0.2) is 0 Å². The number of aromatic amines is 1. The molecule has 4 rings (SSSR count). The Morgan fingerprint density at radius 2 is 1.60 bits per heavy atom. The van der Waals surface area contributed by atoms with Crippen molar-refractivity contribution < 1.29 is 32.9 Å². The highest BCUT2D eigenvalue weighted by Crippen LogP contribution is 2.37. The first-order chi connectivity index (χ1) is 16.6. The first kappa shape index (κ1) is 24.5. The molecule has 3 N–H and O–H groups in total. The van der Waals surface area contributed by atoms with E-state index in [2.05, 4.69) is 9.72 Å². The summed E-state index contributed by atoms with van der Waals surface area (Å²) in [5.41, 5.74) is 0.161. The standard InChI is InChI=1S/C23H19F3N2O6S/c1-12-18-20(31)27-22(32)28(10-14(30)11-29)21(18)35-19(12)13-2-4-15(5-3-13)33-16-6-8-17(9-7-16)34-23(24,25)26/h2-9,14,29-30H,10-11H2,1H3,(H,27,31,32). The van der Waals surface area contributed by atoms with E-state index in [1.165, 1.54) is 28.0 Å². The van der Waals surface area contributed by atoms with Crippen molar-refractivity contribution in [1.82, 2.24) is 9.55 Å². The Hall–Kier alpha value is -3.61. The predicted octanol–water partition coefficient (Wildman–Crippen LogP) is 3.77. The van der Waals surface area contributed by atoms with Crippen molar-refractivity contribution in [1.29, 1.82) is 0 Å². The first-order valence-electron chi connectivity index (χ1n) is 10.2. The second-order valence-corrected chi connectivity index (χ2v) is 8.59. The van der Waals surface area contributed by atoms with Gasteiger partial charge in [0, 0.05) is 4.88 Å². The van der Waals surface area contributed by atoms with E-state index in [0.717, 1.165) is 22.6 Å². The number of nitrogens with one attached hydrogen (secondary N) is 1. The van der Waals surface area contributed by atoms with E-state index in [9.17, 15) is 27.9 Å². The minimum atomic E-state index is -4.78. The summed E-state index contributed by atoms with van der Waals surface area (Å²) in [4.78, 5) is 28.1. The van der Waals surface area contributed by atoms with Crippen LogP contribution in [0, 0.1) is 6.92 Å². The van der Waals surface area contributed by atoms with Crippen LogP contribution < -0.4 is 20.7 Å². The predicted molar refractivity (Wildman–Crippen MR) is 123 cm³/mol. The lowest BCUT2D eigenvalue weighted by molar-refractivity contribution is -0.274. The summed E-state index contributed by atoms with van der Waals surface area (Å²) in [6, 6.07) is 11.8. The molecule has 0 aliphatic heterocycles. The summed E-state index contributed by atoms with van der Waals surface area (Å²) in [5, 5.41) is 19.3. The first-order valence-corrected chi connectivity index (χ1v) is 11.1. The van der Waals surface area contributed by atoms with Gasteiger partial charge in [-0.05, 0) is 66.6 Å². The summed E-state index contributed by atoms with van der Waals surface area (Å²) < 4.78 is 47.6. The molecule has 0 saturated carbocycles. The number of halogens is 3. The van der Waals surface area contributed by atoms with Crippen LogP contribution >= 0.6 is 11.3 Å². The van der Waals surface area contributed by atoms with Gasteiger partial charge in [0.25, 0.3) is 5.56 Å². The topological polar surface area (TPSA) is 114 Å². The average Bonchev–Trinajstić information content (AvgIpc) is 3.15. The van der Waals surface area contributed by atoms with Gasteiger partial charge in [0.2, 0.25) is 0 Å². The Kier molecular flexibility index (Phi) is 6.70. The smallest absolute Gasteiger partial charge is 0.457 e. The molecular weight excluding hydrogens is 489 g/mol. The fourth-order valence-corrected chi connectivity index (χ4v) is 4.82. The van der Waals surface area contributed by atoms with Crippen molar-refractivity contribution >= 4 is 21.6 Å².